The molecule has 0 saturated heterocycles. The van der Waals surface area contributed by atoms with Crippen molar-refractivity contribution < 1.29 is 19.0 Å². The van der Waals surface area contributed by atoms with Crippen LogP contribution in [-0.2, 0) is 4.79 Å². The van der Waals surface area contributed by atoms with Crippen molar-refractivity contribution in [3.63, 3.8) is 0 Å². The summed E-state index contributed by atoms with van der Waals surface area (Å²) in [6, 6.07) is 4.29. The Kier molecular flexibility index (Phi) is 5.11. The van der Waals surface area contributed by atoms with E-state index in [4.69, 9.17) is 17.0 Å². The number of hydrogen-bond donors (Lipinski definition) is 3. The maximum Gasteiger partial charge on any atom is 0.257 e. The first kappa shape index (κ1) is 16.0. The van der Waals surface area contributed by atoms with Crippen molar-refractivity contribution in [3.05, 3.63) is 48.0 Å². The molecule has 0 radical (unpaired) electrons. The number of thiocarbonyl (C=S) groups is 1. The van der Waals surface area contributed by atoms with Gasteiger partial charge in [0.25, 0.3) is 5.91 Å². The molecule has 1 aliphatic heterocycles. The van der Waals surface area contributed by atoms with E-state index in [0.29, 0.717) is 13.0 Å². The molecular weight excluding hydrogens is 307 g/mol. The zero-order chi connectivity index (χ0) is 16.1. The lowest BCUT2D eigenvalue weighted by Gasteiger charge is -2.19. The van der Waals surface area contributed by atoms with Crippen molar-refractivity contribution in [3.8, 4) is 5.75 Å². The number of aliphatic hydroxyl groups excluding tert-OH is 1. The number of hydrogen-bond acceptors (Lipinski definition) is 4. The molecule has 7 heteroatoms. The lowest BCUT2D eigenvalue weighted by molar-refractivity contribution is -0.117. The number of rotatable bonds is 5. The Bertz CT molecular complexity index is 658. The fraction of sp³-hybridized carbons (Fsp3) is 0.200. The standard InChI is InChI=1S/C15H15FN2O3S/c1-2-8-21-13-9(16)4-3-5-10(13)18-15(22)12-11(19)6-7-17-14(12)20/h2-5,19H,1,6-8H2,(H,17,20)(H,18,22). The largest absolute Gasteiger partial charge is 0.511 e. The normalized spacial score (nSPS) is 14.3. The first-order chi connectivity index (χ1) is 10.5. The molecule has 3 N–H and O–H groups in total. The van der Waals surface area contributed by atoms with Crippen LogP contribution >= 0.6 is 12.2 Å². The van der Waals surface area contributed by atoms with Crippen LogP contribution in [0.2, 0.25) is 0 Å². The van der Waals surface area contributed by atoms with Crippen LogP contribution in [0.25, 0.3) is 0 Å². The van der Waals surface area contributed by atoms with E-state index >= 15 is 0 Å². The van der Waals surface area contributed by atoms with Gasteiger partial charge in [-0.2, -0.15) is 0 Å². The molecule has 0 aromatic heterocycles. The third-order valence-corrected chi connectivity index (χ3v) is 3.26. The van der Waals surface area contributed by atoms with Crippen LogP contribution in [0.3, 0.4) is 0 Å². The second-order valence-corrected chi connectivity index (χ2v) is 4.91. The van der Waals surface area contributed by atoms with Crippen LogP contribution in [0.1, 0.15) is 6.42 Å². The quantitative estimate of drug-likeness (QED) is 0.574. The van der Waals surface area contributed by atoms with E-state index in [2.05, 4.69) is 17.2 Å². The molecule has 0 aliphatic carbocycles. The summed E-state index contributed by atoms with van der Waals surface area (Å²) in [4.78, 5) is 11.8. The molecule has 116 valence electrons. The van der Waals surface area contributed by atoms with Crippen molar-refractivity contribution >= 4 is 28.8 Å². The van der Waals surface area contributed by atoms with E-state index in [9.17, 15) is 14.3 Å². The molecule has 2 rings (SSSR count). The third-order valence-electron chi connectivity index (χ3n) is 2.95. The first-order valence-corrected chi connectivity index (χ1v) is 6.99. The molecular formula is C15H15FN2O3S. The van der Waals surface area contributed by atoms with Gasteiger partial charge in [0.05, 0.1) is 5.69 Å². The van der Waals surface area contributed by atoms with Gasteiger partial charge in [-0.1, -0.05) is 30.9 Å². The highest BCUT2D eigenvalue weighted by Crippen LogP contribution is 2.29. The van der Waals surface area contributed by atoms with Gasteiger partial charge in [0.2, 0.25) is 0 Å². The summed E-state index contributed by atoms with van der Waals surface area (Å²) in [7, 11) is 0. The topological polar surface area (TPSA) is 70.6 Å². The number of anilines is 1. The summed E-state index contributed by atoms with van der Waals surface area (Å²) >= 11 is 5.14. The van der Waals surface area contributed by atoms with Crippen molar-refractivity contribution in [1.82, 2.24) is 5.32 Å². The summed E-state index contributed by atoms with van der Waals surface area (Å²) in [5, 5.41) is 15.2. The van der Waals surface area contributed by atoms with E-state index in [1.807, 2.05) is 0 Å². The van der Waals surface area contributed by atoms with E-state index in [1.165, 1.54) is 18.2 Å². The van der Waals surface area contributed by atoms with Crippen LogP contribution in [-0.4, -0.2) is 29.2 Å². The minimum Gasteiger partial charge on any atom is -0.511 e. The van der Waals surface area contributed by atoms with Gasteiger partial charge in [-0.3, -0.25) is 4.79 Å². The molecule has 5 nitrogen and oxygen atoms in total. The Hall–Kier alpha value is -2.41. The minimum atomic E-state index is -0.569. The van der Waals surface area contributed by atoms with Gasteiger partial charge in [-0.05, 0) is 12.1 Å². The monoisotopic (exact) mass is 322 g/mol. The molecule has 0 fully saturated rings. The maximum atomic E-state index is 13.8. The van der Waals surface area contributed by atoms with E-state index in [0.717, 1.165) is 0 Å². The minimum absolute atomic E-state index is 0.00348. The average Bonchev–Trinajstić information content (AvgIpc) is 2.46. The highest BCUT2D eigenvalue weighted by molar-refractivity contribution is 7.81. The molecule has 1 amide bonds. The zero-order valence-electron chi connectivity index (χ0n) is 11.7. The number of ether oxygens (including phenoxy) is 1. The average molecular weight is 322 g/mol. The molecule has 0 unspecified atom stereocenters. The highest BCUT2D eigenvalue weighted by Gasteiger charge is 2.24. The number of amides is 1. The van der Waals surface area contributed by atoms with Crippen LogP contribution in [0.15, 0.2) is 42.2 Å². The Labute approximate surface area is 132 Å². The summed E-state index contributed by atoms with van der Waals surface area (Å²) in [6.07, 6.45) is 1.78. The van der Waals surface area contributed by atoms with E-state index in [1.54, 1.807) is 6.07 Å². The second-order valence-electron chi connectivity index (χ2n) is 4.50. The molecule has 0 bridgehead atoms. The number of para-hydroxylation sites is 1. The van der Waals surface area contributed by atoms with Crippen LogP contribution in [0.5, 0.6) is 5.75 Å². The van der Waals surface area contributed by atoms with Crippen LogP contribution in [0, 0.1) is 5.82 Å². The van der Waals surface area contributed by atoms with Gasteiger partial charge in [-0.15, -0.1) is 0 Å². The number of carbonyl (C=O) groups excluding carboxylic acids is 1. The SMILES string of the molecule is C=CCOc1c(F)cccc1NC(=S)C1=C(O)CCNC1=O. The first-order valence-electron chi connectivity index (χ1n) is 6.58. The Balaban J connectivity index is 2.27. The van der Waals surface area contributed by atoms with Gasteiger partial charge in [-0.25, -0.2) is 4.39 Å². The number of aliphatic hydroxyl groups is 1. The Morgan fingerprint density at radius 1 is 1.59 bits per heavy atom. The molecule has 0 spiro atoms. The second kappa shape index (κ2) is 7.04. The molecule has 1 aromatic rings. The zero-order valence-corrected chi connectivity index (χ0v) is 12.5. The summed E-state index contributed by atoms with van der Waals surface area (Å²) in [6.45, 7) is 3.98. The molecule has 22 heavy (non-hydrogen) atoms. The predicted molar refractivity (Wildman–Crippen MR) is 85.6 cm³/mol. The lowest BCUT2D eigenvalue weighted by Crippen LogP contribution is -2.36. The van der Waals surface area contributed by atoms with Gasteiger partial charge in [0.15, 0.2) is 11.6 Å². The fourth-order valence-corrected chi connectivity index (χ4v) is 2.27. The van der Waals surface area contributed by atoms with Crippen LogP contribution < -0.4 is 15.4 Å². The van der Waals surface area contributed by atoms with Crippen molar-refractivity contribution in [2.24, 2.45) is 0 Å². The molecule has 0 atom stereocenters. The molecule has 0 saturated carbocycles. The maximum absolute atomic E-state index is 13.8. The number of carbonyl (C=O) groups is 1. The third kappa shape index (κ3) is 3.43. The lowest BCUT2D eigenvalue weighted by atomic mass is 10.1. The highest BCUT2D eigenvalue weighted by atomic mass is 32.1. The van der Waals surface area contributed by atoms with Crippen molar-refractivity contribution in [2.75, 3.05) is 18.5 Å². The Morgan fingerprint density at radius 3 is 3.05 bits per heavy atom. The number of benzene rings is 1. The van der Waals surface area contributed by atoms with Gasteiger partial charge < -0.3 is 20.5 Å². The fourth-order valence-electron chi connectivity index (χ4n) is 1.95. The van der Waals surface area contributed by atoms with E-state index < -0.39 is 11.7 Å². The Morgan fingerprint density at radius 2 is 2.36 bits per heavy atom. The summed E-state index contributed by atoms with van der Waals surface area (Å²) < 4.78 is 19.1. The summed E-state index contributed by atoms with van der Waals surface area (Å²) in [5.74, 6) is -1.15. The molecule has 1 aliphatic rings. The van der Waals surface area contributed by atoms with Gasteiger partial charge in [0.1, 0.15) is 22.9 Å². The van der Waals surface area contributed by atoms with E-state index in [-0.39, 0.29) is 34.4 Å². The smallest absolute Gasteiger partial charge is 0.257 e. The number of nitrogens with one attached hydrogen (secondary N) is 2. The van der Waals surface area contributed by atoms with Crippen molar-refractivity contribution in [2.45, 2.75) is 6.42 Å². The predicted octanol–water partition coefficient (Wildman–Crippen LogP) is 2.46. The van der Waals surface area contributed by atoms with Crippen LogP contribution in [0.4, 0.5) is 10.1 Å². The molecule has 1 aromatic carbocycles. The molecule has 1 heterocycles. The summed E-state index contributed by atoms with van der Waals surface area (Å²) in [5.41, 5.74) is 0.255. The van der Waals surface area contributed by atoms with Gasteiger partial charge >= 0.3 is 0 Å². The number of halogens is 1. The van der Waals surface area contributed by atoms with Crippen molar-refractivity contribution in [1.29, 1.82) is 0 Å². The van der Waals surface area contributed by atoms with Gasteiger partial charge in [0, 0.05) is 13.0 Å².